The Morgan fingerprint density at radius 1 is 1.14 bits per heavy atom. The Labute approximate surface area is 176 Å². The van der Waals surface area contributed by atoms with E-state index in [2.05, 4.69) is 4.90 Å². The maximum atomic E-state index is 12.6. The molecule has 1 aliphatic rings. The van der Waals surface area contributed by atoms with Crippen LogP contribution >= 0.6 is 11.6 Å². The third-order valence-corrected chi connectivity index (χ3v) is 5.20. The summed E-state index contributed by atoms with van der Waals surface area (Å²) < 4.78 is 11.0. The van der Waals surface area contributed by atoms with Crippen LogP contribution in [0.25, 0.3) is 0 Å². The molecular weight excluding hydrogens is 392 g/mol. The monoisotopic (exact) mass is 418 g/mol. The molecule has 1 aliphatic heterocycles. The lowest BCUT2D eigenvalue weighted by Crippen LogP contribution is -2.50. The van der Waals surface area contributed by atoms with Gasteiger partial charge in [0.2, 0.25) is 0 Å². The molecule has 1 amide bonds. The number of nitrogens with zero attached hydrogens (tertiary/aromatic N) is 2. The number of hydrogen-bond donors (Lipinski definition) is 1. The number of benzene rings is 2. The highest BCUT2D eigenvalue weighted by molar-refractivity contribution is 6.30. The molecule has 0 radical (unpaired) electrons. The molecule has 0 bridgehead atoms. The number of methoxy groups -OCH3 is 1. The zero-order chi connectivity index (χ0) is 20.6. The molecule has 6 nitrogen and oxygen atoms in total. The molecule has 0 saturated carbocycles. The minimum absolute atomic E-state index is 0.00663. The van der Waals surface area contributed by atoms with Crippen LogP contribution in [-0.4, -0.2) is 73.4 Å². The van der Waals surface area contributed by atoms with E-state index in [9.17, 15) is 9.90 Å². The number of aliphatic hydroxyl groups excluding tert-OH is 1. The summed E-state index contributed by atoms with van der Waals surface area (Å²) in [6.07, 6.45) is -0.583. The number of ether oxygens (including phenoxy) is 2. The van der Waals surface area contributed by atoms with E-state index < -0.39 is 6.10 Å². The molecule has 1 atom stereocenters. The first-order chi connectivity index (χ1) is 14.1. The van der Waals surface area contributed by atoms with Crippen molar-refractivity contribution in [1.29, 1.82) is 0 Å². The molecule has 1 saturated heterocycles. The van der Waals surface area contributed by atoms with Gasteiger partial charge in [-0.25, -0.2) is 0 Å². The normalized spacial score (nSPS) is 15.9. The highest BCUT2D eigenvalue weighted by Gasteiger charge is 2.23. The standard InChI is InChI=1S/C22H27ClN2O4/c1-28-21-8-3-2-5-18(21)15-29-16-20(26)14-24-9-11-25(12-10-24)22(27)17-6-4-7-19(23)13-17/h2-8,13,20,26H,9-12,14-16H2,1H3. The first kappa shape index (κ1) is 21.6. The zero-order valence-corrected chi connectivity index (χ0v) is 17.3. The summed E-state index contributed by atoms with van der Waals surface area (Å²) in [5.74, 6) is 0.773. The molecule has 0 aromatic heterocycles. The highest BCUT2D eigenvalue weighted by Crippen LogP contribution is 2.18. The number of aliphatic hydroxyl groups is 1. The quantitative estimate of drug-likeness (QED) is 0.714. The lowest BCUT2D eigenvalue weighted by Gasteiger charge is -2.35. The first-order valence-corrected chi connectivity index (χ1v) is 10.1. The lowest BCUT2D eigenvalue weighted by atomic mass is 10.1. The Balaban J connectivity index is 1.39. The van der Waals surface area contributed by atoms with Gasteiger partial charge in [-0.3, -0.25) is 9.69 Å². The minimum atomic E-state index is -0.583. The fourth-order valence-corrected chi connectivity index (χ4v) is 3.61. The summed E-state index contributed by atoms with van der Waals surface area (Å²) in [6, 6.07) is 14.7. The first-order valence-electron chi connectivity index (χ1n) is 9.71. The lowest BCUT2D eigenvalue weighted by molar-refractivity contribution is 0.00166. The molecule has 1 fully saturated rings. The Hall–Kier alpha value is -2.12. The van der Waals surface area contributed by atoms with E-state index in [0.717, 1.165) is 24.4 Å². The molecule has 1 unspecified atom stereocenters. The van der Waals surface area contributed by atoms with Crippen molar-refractivity contribution in [3.8, 4) is 5.75 Å². The van der Waals surface area contributed by atoms with Crippen LogP contribution < -0.4 is 4.74 Å². The van der Waals surface area contributed by atoms with Crippen LogP contribution in [-0.2, 0) is 11.3 Å². The third-order valence-electron chi connectivity index (χ3n) is 4.96. The average molecular weight is 419 g/mol. The summed E-state index contributed by atoms with van der Waals surface area (Å²) in [6.45, 7) is 3.85. The van der Waals surface area contributed by atoms with Gasteiger partial charge in [0.05, 0.1) is 26.4 Å². The molecule has 1 N–H and O–H groups in total. The second-order valence-corrected chi connectivity index (χ2v) is 7.52. The Kier molecular flexibility index (Phi) is 7.89. The van der Waals surface area contributed by atoms with Gasteiger partial charge in [-0.2, -0.15) is 0 Å². The average Bonchev–Trinajstić information content (AvgIpc) is 2.74. The van der Waals surface area contributed by atoms with Crippen LogP contribution in [0.2, 0.25) is 5.02 Å². The van der Waals surface area contributed by atoms with Gasteiger partial charge in [0.25, 0.3) is 5.91 Å². The second kappa shape index (κ2) is 10.6. The highest BCUT2D eigenvalue weighted by atomic mass is 35.5. The van der Waals surface area contributed by atoms with E-state index >= 15 is 0 Å². The largest absolute Gasteiger partial charge is 0.496 e. The van der Waals surface area contributed by atoms with E-state index in [1.54, 1.807) is 31.4 Å². The van der Waals surface area contributed by atoms with Gasteiger partial charge in [0.1, 0.15) is 5.75 Å². The molecule has 0 aliphatic carbocycles. The van der Waals surface area contributed by atoms with Crippen molar-refractivity contribution in [3.63, 3.8) is 0 Å². The summed E-state index contributed by atoms with van der Waals surface area (Å²) in [4.78, 5) is 16.6. The van der Waals surface area contributed by atoms with E-state index in [1.165, 1.54) is 0 Å². The second-order valence-electron chi connectivity index (χ2n) is 7.08. The number of β-amino-alcohol motifs (C(OH)–C–C–N with tert-alkyl or cyclic N) is 1. The van der Waals surface area contributed by atoms with E-state index in [1.807, 2.05) is 29.2 Å². The summed E-state index contributed by atoms with van der Waals surface area (Å²) in [5.41, 5.74) is 1.56. The van der Waals surface area contributed by atoms with Crippen molar-refractivity contribution >= 4 is 17.5 Å². The van der Waals surface area contributed by atoms with Crippen LogP contribution in [0.3, 0.4) is 0 Å². The van der Waals surface area contributed by atoms with Crippen molar-refractivity contribution in [1.82, 2.24) is 9.80 Å². The molecule has 1 heterocycles. The van der Waals surface area contributed by atoms with Gasteiger partial charge >= 0.3 is 0 Å². The van der Waals surface area contributed by atoms with Crippen molar-refractivity contribution in [2.45, 2.75) is 12.7 Å². The maximum absolute atomic E-state index is 12.6. The molecule has 156 valence electrons. The number of carbonyl (C=O) groups is 1. The van der Waals surface area contributed by atoms with Crippen molar-refractivity contribution in [2.75, 3.05) is 46.4 Å². The summed E-state index contributed by atoms with van der Waals surface area (Å²) in [7, 11) is 1.63. The number of rotatable bonds is 8. The summed E-state index contributed by atoms with van der Waals surface area (Å²) >= 11 is 5.98. The SMILES string of the molecule is COc1ccccc1COCC(O)CN1CCN(C(=O)c2cccc(Cl)c2)CC1. The van der Waals surface area contributed by atoms with Gasteiger partial charge in [-0.15, -0.1) is 0 Å². The zero-order valence-electron chi connectivity index (χ0n) is 16.6. The number of piperazine rings is 1. The van der Waals surface area contributed by atoms with Crippen LogP contribution in [0.4, 0.5) is 0 Å². The molecular formula is C22H27ClN2O4. The predicted molar refractivity (Wildman–Crippen MR) is 112 cm³/mol. The Morgan fingerprint density at radius 3 is 2.62 bits per heavy atom. The number of para-hydroxylation sites is 1. The third kappa shape index (κ3) is 6.18. The predicted octanol–water partition coefficient (Wildman–Crippen LogP) is 2.68. The fraction of sp³-hybridized carbons (Fsp3) is 0.409. The number of halogens is 1. The molecule has 2 aromatic carbocycles. The van der Waals surface area contributed by atoms with Gasteiger partial charge in [0.15, 0.2) is 0 Å². The maximum Gasteiger partial charge on any atom is 0.253 e. The molecule has 29 heavy (non-hydrogen) atoms. The molecule has 7 heteroatoms. The van der Waals surface area contributed by atoms with Gasteiger partial charge < -0.3 is 19.5 Å². The molecule has 2 aromatic rings. The summed E-state index contributed by atoms with van der Waals surface area (Å²) in [5, 5.41) is 10.9. The van der Waals surface area contributed by atoms with Crippen LogP contribution in [0, 0.1) is 0 Å². The smallest absolute Gasteiger partial charge is 0.253 e. The minimum Gasteiger partial charge on any atom is -0.496 e. The number of amides is 1. The topological polar surface area (TPSA) is 62.2 Å². The fourth-order valence-electron chi connectivity index (χ4n) is 3.42. The van der Waals surface area contributed by atoms with Gasteiger partial charge in [0, 0.05) is 48.9 Å². The van der Waals surface area contributed by atoms with E-state index in [-0.39, 0.29) is 12.5 Å². The van der Waals surface area contributed by atoms with Crippen LogP contribution in [0.5, 0.6) is 5.75 Å². The van der Waals surface area contributed by atoms with Crippen molar-refractivity contribution in [2.24, 2.45) is 0 Å². The molecule has 0 spiro atoms. The van der Waals surface area contributed by atoms with Crippen LogP contribution in [0.15, 0.2) is 48.5 Å². The van der Waals surface area contributed by atoms with Gasteiger partial charge in [-0.1, -0.05) is 35.9 Å². The van der Waals surface area contributed by atoms with Gasteiger partial charge in [-0.05, 0) is 24.3 Å². The Bertz CT molecular complexity index is 809. The van der Waals surface area contributed by atoms with Crippen LogP contribution in [0.1, 0.15) is 15.9 Å². The Morgan fingerprint density at radius 2 is 1.90 bits per heavy atom. The van der Waals surface area contributed by atoms with E-state index in [0.29, 0.717) is 36.8 Å². The number of hydrogen-bond acceptors (Lipinski definition) is 5. The number of carbonyl (C=O) groups excluding carboxylic acids is 1. The molecule has 3 rings (SSSR count). The van der Waals surface area contributed by atoms with E-state index in [4.69, 9.17) is 21.1 Å². The van der Waals surface area contributed by atoms with Crippen molar-refractivity contribution in [3.05, 3.63) is 64.7 Å². The van der Waals surface area contributed by atoms with Crippen molar-refractivity contribution < 1.29 is 19.4 Å².